The average Bonchev–Trinajstić information content (AvgIpc) is 3.58. The van der Waals surface area contributed by atoms with E-state index in [0.717, 1.165) is 50.1 Å². The van der Waals surface area contributed by atoms with Crippen molar-refractivity contribution in [3.8, 4) is 33.4 Å². The van der Waals surface area contributed by atoms with Crippen LogP contribution in [-0.4, -0.2) is 0 Å². The van der Waals surface area contributed by atoms with Crippen molar-refractivity contribution in [1.82, 2.24) is 0 Å². The number of hydrogen-bond donors (Lipinski definition) is 0. The van der Waals surface area contributed by atoms with Gasteiger partial charge >= 0.3 is 0 Å². The highest BCUT2D eigenvalue weighted by molar-refractivity contribution is 6.10. The van der Waals surface area contributed by atoms with Crippen LogP contribution < -0.4 is 4.90 Å². The van der Waals surface area contributed by atoms with Crippen LogP contribution in [0.5, 0.6) is 0 Å². The van der Waals surface area contributed by atoms with E-state index in [0.29, 0.717) is 0 Å². The van der Waals surface area contributed by atoms with Crippen LogP contribution in [0.4, 0.5) is 17.1 Å². The minimum absolute atomic E-state index is 0.0249. The normalized spacial score (nSPS) is 11.8. The fourth-order valence-corrected chi connectivity index (χ4v) is 7.60. The molecule has 0 spiro atoms. The summed E-state index contributed by atoms with van der Waals surface area (Å²) in [5.74, 6) is 0. The van der Waals surface area contributed by atoms with Gasteiger partial charge in [0.05, 0.1) is 0 Å². The van der Waals surface area contributed by atoms with Gasteiger partial charge in [-0.05, 0) is 80.4 Å². The summed E-state index contributed by atoms with van der Waals surface area (Å²) in [5.41, 5.74) is 13.4. The Morgan fingerprint density at radius 2 is 0.923 bits per heavy atom. The number of furan rings is 1. The average molecular weight is 670 g/mol. The molecule has 0 aliphatic carbocycles. The molecule has 9 rings (SSSR count). The molecule has 52 heavy (non-hydrogen) atoms. The quantitative estimate of drug-likeness (QED) is 0.175. The topological polar surface area (TPSA) is 16.4 Å². The monoisotopic (exact) mass is 669 g/mol. The zero-order valence-electron chi connectivity index (χ0n) is 29.7. The lowest BCUT2D eigenvalue weighted by Gasteiger charge is -2.26. The van der Waals surface area contributed by atoms with Gasteiger partial charge in [-0.1, -0.05) is 166 Å². The standard InChI is InChI=1S/C50H39NO/c1-50(2,3)47-24-12-23-46-45-22-11-21-44(48(45)52-49(46)47)37-27-31-40(32-28-37)51(39-29-25-35(26-30-39)34-13-5-4-6-14-34)41-18-9-17-38(33-41)43-20-10-16-36-15-7-8-19-42(36)43/h4-33H,1-3H3. The fourth-order valence-electron chi connectivity index (χ4n) is 7.60. The van der Waals surface area contributed by atoms with Gasteiger partial charge in [-0.15, -0.1) is 0 Å². The van der Waals surface area contributed by atoms with Crippen molar-refractivity contribution in [3.05, 3.63) is 188 Å². The second kappa shape index (κ2) is 12.7. The number of fused-ring (bicyclic) bond motifs is 4. The molecule has 2 heteroatoms. The lowest BCUT2D eigenvalue weighted by atomic mass is 9.86. The smallest absolute Gasteiger partial charge is 0.143 e. The van der Waals surface area contributed by atoms with Gasteiger partial charge in [-0.25, -0.2) is 0 Å². The summed E-state index contributed by atoms with van der Waals surface area (Å²) in [6.45, 7) is 6.73. The molecule has 8 aromatic carbocycles. The second-order valence-corrected chi connectivity index (χ2v) is 14.6. The Balaban J connectivity index is 1.16. The largest absolute Gasteiger partial charge is 0.455 e. The molecule has 9 aromatic rings. The molecule has 0 N–H and O–H groups in total. The number of hydrogen-bond acceptors (Lipinski definition) is 2. The first-order valence-electron chi connectivity index (χ1n) is 18.0. The van der Waals surface area contributed by atoms with Gasteiger partial charge in [-0.2, -0.15) is 0 Å². The van der Waals surface area contributed by atoms with E-state index in [-0.39, 0.29) is 5.41 Å². The number of para-hydroxylation sites is 2. The Morgan fingerprint density at radius 1 is 0.385 bits per heavy atom. The van der Waals surface area contributed by atoms with Crippen LogP contribution in [0.2, 0.25) is 0 Å². The minimum atomic E-state index is -0.0249. The van der Waals surface area contributed by atoms with Gasteiger partial charge in [0, 0.05) is 39.0 Å². The summed E-state index contributed by atoms with van der Waals surface area (Å²) in [6.07, 6.45) is 0. The maximum Gasteiger partial charge on any atom is 0.143 e. The molecule has 0 aliphatic heterocycles. The highest BCUT2D eigenvalue weighted by Crippen LogP contribution is 2.42. The second-order valence-electron chi connectivity index (χ2n) is 14.6. The first-order chi connectivity index (χ1) is 25.4. The molecule has 0 atom stereocenters. The van der Waals surface area contributed by atoms with Crippen LogP contribution in [0.1, 0.15) is 26.3 Å². The SMILES string of the molecule is CC(C)(C)c1cccc2c1oc1c(-c3ccc(N(c4ccc(-c5ccccc5)cc4)c4cccc(-c5cccc6ccccc56)c4)cc3)cccc12. The van der Waals surface area contributed by atoms with E-state index in [4.69, 9.17) is 4.42 Å². The summed E-state index contributed by atoms with van der Waals surface area (Å²) >= 11 is 0. The Hall–Kier alpha value is -6.38. The Kier molecular flexibility index (Phi) is 7.74. The maximum atomic E-state index is 6.73. The molecule has 0 amide bonds. The molecular weight excluding hydrogens is 631 g/mol. The summed E-state index contributed by atoms with van der Waals surface area (Å²) in [6, 6.07) is 65.4. The predicted molar refractivity (Wildman–Crippen MR) is 221 cm³/mol. The summed E-state index contributed by atoms with van der Waals surface area (Å²) in [5, 5.41) is 4.80. The van der Waals surface area contributed by atoms with Crippen LogP contribution in [0, 0.1) is 0 Å². The third-order valence-electron chi connectivity index (χ3n) is 10.2. The Labute approximate surface area is 305 Å². The van der Waals surface area contributed by atoms with Gasteiger partial charge in [0.1, 0.15) is 11.2 Å². The zero-order valence-corrected chi connectivity index (χ0v) is 29.7. The van der Waals surface area contributed by atoms with Gasteiger partial charge in [0.15, 0.2) is 0 Å². The molecule has 0 saturated heterocycles. The lowest BCUT2D eigenvalue weighted by molar-refractivity contribution is 0.573. The number of benzene rings is 8. The van der Waals surface area contributed by atoms with Crippen LogP contribution in [0.15, 0.2) is 186 Å². The van der Waals surface area contributed by atoms with Crippen molar-refractivity contribution in [3.63, 3.8) is 0 Å². The van der Waals surface area contributed by atoms with E-state index >= 15 is 0 Å². The molecule has 0 fully saturated rings. The molecule has 0 radical (unpaired) electrons. The van der Waals surface area contributed by atoms with Gasteiger partial charge in [-0.3, -0.25) is 0 Å². The van der Waals surface area contributed by atoms with E-state index in [1.807, 2.05) is 0 Å². The fraction of sp³-hybridized carbons (Fsp3) is 0.0800. The zero-order chi connectivity index (χ0) is 35.2. The molecule has 0 saturated carbocycles. The first-order valence-corrected chi connectivity index (χ1v) is 18.0. The van der Waals surface area contributed by atoms with E-state index in [9.17, 15) is 0 Å². The van der Waals surface area contributed by atoms with Crippen molar-refractivity contribution in [2.75, 3.05) is 4.90 Å². The third-order valence-corrected chi connectivity index (χ3v) is 10.2. The van der Waals surface area contributed by atoms with Crippen molar-refractivity contribution in [2.24, 2.45) is 0 Å². The molecule has 0 unspecified atom stereocenters. The van der Waals surface area contributed by atoms with Crippen molar-refractivity contribution >= 4 is 49.8 Å². The summed E-state index contributed by atoms with van der Waals surface area (Å²) in [4.78, 5) is 2.35. The summed E-state index contributed by atoms with van der Waals surface area (Å²) < 4.78 is 6.73. The number of anilines is 3. The van der Waals surface area contributed by atoms with E-state index in [2.05, 4.69) is 208 Å². The van der Waals surface area contributed by atoms with Gasteiger partial charge in [0.25, 0.3) is 0 Å². The van der Waals surface area contributed by atoms with Gasteiger partial charge < -0.3 is 9.32 Å². The molecule has 1 heterocycles. The Morgan fingerprint density at radius 3 is 1.67 bits per heavy atom. The maximum absolute atomic E-state index is 6.73. The van der Waals surface area contributed by atoms with Crippen LogP contribution >= 0.6 is 0 Å². The van der Waals surface area contributed by atoms with Crippen LogP contribution in [-0.2, 0) is 5.41 Å². The molecular formula is C50H39NO. The van der Waals surface area contributed by atoms with Crippen LogP contribution in [0.3, 0.4) is 0 Å². The first kappa shape index (κ1) is 31.6. The highest BCUT2D eigenvalue weighted by atomic mass is 16.3. The van der Waals surface area contributed by atoms with Gasteiger partial charge in [0.2, 0.25) is 0 Å². The van der Waals surface area contributed by atoms with E-state index < -0.39 is 0 Å². The highest BCUT2D eigenvalue weighted by Gasteiger charge is 2.22. The van der Waals surface area contributed by atoms with Crippen molar-refractivity contribution in [2.45, 2.75) is 26.2 Å². The van der Waals surface area contributed by atoms with E-state index in [1.54, 1.807) is 0 Å². The van der Waals surface area contributed by atoms with Crippen molar-refractivity contribution < 1.29 is 4.42 Å². The number of nitrogens with zero attached hydrogens (tertiary/aromatic N) is 1. The molecule has 2 nitrogen and oxygen atoms in total. The molecule has 0 bridgehead atoms. The molecule has 250 valence electrons. The molecule has 1 aromatic heterocycles. The van der Waals surface area contributed by atoms with Crippen LogP contribution in [0.25, 0.3) is 66.1 Å². The minimum Gasteiger partial charge on any atom is -0.455 e. The van der Waals surface area contributed by atoms with Crippen molar-refractivity contribution in [1.29, 1.82) is 0 Å². The lowest BCUT2D eigenvalue weighted by Crippen LogP contribution is -2.10. The predicted octanol–water partition coefficient (Wildman–Crippen LogP) is 14.5. The third kappa shape index (κ3) is 5.63. The number of rotatable bonds is 6. The summed E-state index contributed by atoms with van der Waals surface area (Å²) in [7, 11) is 0. The molecule has 0 aliphatic rings. The van der Waals surface area contributed by atoms with E-state index in [1.165, 1.54) is 38.6 Å². The Bertz CT molecular complexity index is 2690.